The van der Waals surface area contributed by atoms with E-state index in [1.807, 2.05) is 0 Å². The largest absolute Gasteiger partial charge is 0.369 e. The summed E-state index contributed by atoms with van der Waals surface area (Å²) in [7, 11) is 0. The number of nitrogens with zero attached hydrogens (tertiary/aromatic N) is 3. The van der Waals surface area contributed by atoms with Crippen molar-refractivity contribution in [2.45, 2.75) is 26.8 Å². The van der Waals surface area contributed by atoms with Crippen LogP contribution >= 0.6 is 0 Å². The van der Waals surface area contributed by atoms with Crippen LogP contribution in [0.2, 0.25) is 0 Å². The summed E-state index contributed by atoms with van der Waals surface area (Å²) in [6.07, 6.45) is 2.67. The summed E-state index contributed by atoms with van der Waals surface area (Å²) in [6, 6.07) is 6.31. The first kappa shape index (κ1) is 15.2. The summed E-state index contributed by atoms with van der Waals surface area (Å²) >= 11 is 0. The topological polar surface area (TPSA) is 62.7 Å². The second-order valence-electron chi connectivity index (χ2n) is 5.25. The van der Waals surface area contributed by atoms with Crippen LogP contribution in [0, 0.1) is 11.7 Å². The van der Waals surface area contributed by atoms with Crippen LogP contribution < -0.4 is 10.6 Å². The SMILES string of the molecule is CC(C)CCNc1cnnc(NCc2ccc(F)cc2)n1. The van der Waals surface area contributed by atoms with Gasteiger partial charge in [0.15, 0.2) is 0 Å². The van der Waals surface area contributed by atoms with E-state index >= 15 is 0 Å². The van der Waals surface area contributed by atoms with Crippen molar-refractivity contribution in [1.82, 2.24) is 15.2 Å². The van der Waals surface area contributed by atoms with E-state index in [9.17, 15) is 4.39 Å². The van der Waals surface area contributed by atoms with Gasteiger partial charge in [-0.25, -0.2) is 4.39 Å². The first-order chi connectivity index (χ1) is 10.1. The molecule has 5 nitrogen and oxygen atoms in total. The summed E-state index contributed by atoms with van der Waals surface area (Å²) < 4.78 is 12.8. The van der Waals surface area contributed by atoms with Gasteiger partial charge in [-0.15, -0.1) is 5.10 Å². The Morgan fingerprint density at radius 3 is 2.62 bits per heavy atom. The van der Waals surface area contributed by atoms with Crippen LogP contribution in [0.3, 0.4) is 0 Å². The third kappa shape index (κ3) is 5.33. The molecule has 0 saturated heterocycles. The van der Waals surface area contributed by atoms with Gasteiger partial charge in [0, 0.05) is 13.1 Å². The fourth-order valence-corrected chi connectivity index (χ4v) is 1.74. The molecule has 2 N–H and O–H groups in total. The molecule has 1 aromatic heterocycles. The molecule has 1 aromatic carbocycles. The highest BCUT2D eigenvalue weighted by molar-refractivity contribution is 5.37. The van der Waals surface area contributed by atoms with E-state index < -0.39 is 0 Å². The number of anilines is 2. The van der Waals surface area contributed by atoms with E-state index in [4.69, 9.17) is 0 Å². The zero-order valence-electron chi connectivity index (χ0n) is 12.3. The molecule has 0 amide bonds. The van der Waals surface area contributed by atoms with Crippen LogP contribution in [0.4, 0.5) is 16.2 Å². The van der Waals surface area contributed by atoms with Crippen molar-refractivity contribution in [3.63, 3.8) is 0 Å². The van der Waals surface area contributed by atoms with Gasteiger partial charge in [0.2, 0.25) is 5.95 Å². The van der Waals surface area contributed by atoms with E-state index in [1.165, 1.54) is 12.1 Å². The zero-order valence-corrected chi connectivity index (χ0v) is 12.3. The molecule has 0 saturated carbocycles. The fourth-order valence-electron chi connectivity index (χ4n) is 1.74. The van der Waals surface area contributed by atoms with Gasteiger partial charge in [-0.3, -0.25) is 0 Å². The number of hydrogen-bond acceptors (Lipinski definition) is 5. The lowest BCUT2D eigenvalue weighted by Gasteiger charge is -2.08. The van der Waals surface area contributed by atoms with Crippen LogP contribution in [0.5, 0.6) is 0 Å². The van der Waals surface area contributed by atoms with E-state index in [0.29, 0.717) is 24.2 Å². The van der Waals surface area contributed by atoms with Crippen LogP contribution in [0.1, 0.15) is 25.8 Å². The maximum Gasteiger partial charge on any atom is 0.244 e. The van der Waals surface area contributed by atoms with Crippen molar-refractivity contribution in [2.75, 3.05) is 17.2 Å². The van der Waals surface area contributed by atoms with E-state index in [-0.39, 0.29) is 5.82 Å². The molecule has 2 aromatic rings. The Bertz CT molecular complexity index is 556. The molecule has 2 rings (SSSR count). The molecule has 0 spiro atoms. The maximum absolute atomic E-state index is 12.8. The molecule has 0 radical (unpaired) electrons. The second-order valence-corrected chi connectivity index (χ2v) is 5.25. The van der Waals surface area contributed by atoms with Crippen molar-refractivity contribution >= 4 is 11.8 Å². The van der Waals surface area contributed by atoms with Crippen molar-refractivity contribution < 1.29 is 4.39 Å². The summed E-state index contributed by atoms with van der Waals surface area (Å²) in [5.74, 6) is 1.55. The normalized spacial score (nSPS) is 10.7. The Morgan fingerprint density at radius 2 is 1.90 bits per heavy atom. The quantitative estimate of drug-likeness (QED) is 0.820. The number of nitrogens with one attached hydrogen (secondary N) is 2. The molecule has 0 unspecified atom stereocenters. The molecular weight excluding hydrogens is 269 g/mol. The molecular formula is C15H20FN5. The molecule has 0 fully saturated rings. The molecule has 6 heteroatoms. The lowest BCUT2D eigenvalue weighted by molar-refractivity contribution is 0.606. The predicted molar refractivity (Wildman–Crippen MR) is 81.5 cm³/mol. The highest BCUT2D eigenvalue weighted by atomic mass is 19.1. The lowest BCUT2D eigenvalue weighted by Crippen LogP contribution is -2.10. The summed E-state index contributed by atoms with van der Waals surface area (Å²) in [5.41, 5.74) is 0.957. The fraction of sp³-hybridized carbons (Fsp3) is 0.400. The molecule has 0 aliphatic carbocycles. The highest BCUT2D eigenvalue weighted by Gasteiger charge is 2.01. The third-order valence-corrected chi connectivity index (χ3v) is 2.95. The Hall–Kier alpha value is -2.24. The van der Waals surface area contributed by atoms with Gasteiger partial charge in [0.25, 0.3) is 0 Å². The van der Waals surface area contributed by atoms with E-state index in [1.54, 1.807) is 18.3 Å². The van der Waals surface area contributed by atoms with Crippen molar-refractivity contribution in [3.8, 4) is 0 Å². The minimum atomic E-state index is -0.243. The third-order valence-electron chi connectivity index (χ3n) is 2.95. The molecule has 0 bridgehead atoms. The Morgan fingerprint density at radius 1 is 1.14 bits per heavy atom. The number of benzene rings is 1. The summed E-state index contributed by atoms with van der Waals surface area (Å²) in [4.78, 5) is 4.33. The van der Waals surface area contributed by atoms with Crippen LogP contribution in [-0.4, -0.2) is 21.7 Å². The average molecular weight is 289 g/mol. The number of halogens is 1. The summed E-state index contributed by atoms with van der Waals surface area (Å²) in [5, 5.41) is 14.1. The van der Waals surface area contributed by atoms with Crippen molar-refractivity contribution in [2.24, 2.45) is 5.92 Å². The number of aromatic nitrogens is 3. The number of rotatable bonds is 7. The van der Waals surface area contributed by atoms with Crippen LogP contribution in [-0.2, 0) is 6.54 Å². The first-order valence-electron chi connectivity index (χ1n) is 7.05. The standard InChI is InChI=1S/C15H20FN5/c1-11(2)7-8-17-14-10-19-21-15(20-14)18-9-12-3-5-13(16)6-4-12/h3-6,10-11H,7-9H2,1-2H3,(H2,17,18,20,21). The van der Waals surface area contributed by atoms with Gasteiger partial charge < -0.3 is 10.6 Å². The van der Waals surface area contributed by atoms with Crippen LogP contribution in [0.25, 0.3) is 0 Å². The van der Waals surface area contributed by atoms with Gasteiger partial charge in [-0.2, -0.15) is 10.1 Å². The smallest absolute Gasteiger partial charge is 0.244 e. The average Bonchev–Trinajstić information content (AvgIpc) is 2.47. The van der Waals surface area contributed by atoms with Crippen LogP contribution in [0.15, 0.2) is 30.5 Å². The Balaban J connectivity index is 1.87. The Kier molecular flexibility index (Phi) is 5.43. The van der Waals surface area contributed by atoms with Gasteiger partial charge in [-0.05, 0) is 30.0 Å². The van der Waals surface area contributed by atoms with Gasteiger partial charge >= 0.3 is 0 Å². The molecule has 21 heavy (non-hydrogen) atoms. The maximum atomic E-state index is 12.8. The molecule has 1 heterocycles. The van der Waals surface area contributed by atoms with E-state index in [0.717, 1.165) is 18.5 Å². The van der Waals surface area contributed by atoms with Crippen molar-refractivity contribution in [3.05, 3.63) is 41.8 Å². The Labute approximate surface area is 124 Å². The zero-order chi connectivity index (χ0) is 15.1. The molecule has 0 atom stereocenters. The lowest BCUT2D eigenvalue weighted by atomic mass is 10.1. The predicted octanol–water partition coefficient (Wildman–Crippen LogP) is 3.08. The van der Waals surface area contributed by atoms with Gasteiger partial charge in [-0.1, -0.05) is 26.0 Å². The number of hydrogen-bond donors (Lipinski definition) is 2. The second kappa shape index (κ2) is 7.52. The highest BCUT2D eigenvalue weighted by Crippen LogP contribution is 2.08. The van der Waals surface area contributed by atoms with E-state index in [2.05, 4.69) is 39.7 Å². The monoisotopic (exact) mass is 289 g/mol. The minimum Gasteiger partial charge on any atom is -0.369 e. The minimum absolute atomic E-state index is 0.243. The molecule has 0 aliphatic rings. The summed E-state index contributed by atoms with van der Waals surface area (Å²) in [6.45, 7) is 5.73. The first-order valence-corrected chi connectivity index (χ1v) is 7.05. The van der Waals surface area contributed by atoms with Gasteiger partial charge in [0.1, 0.15) is 11.6 Å². The van der Waals surface area contributed by atoms with Gasteiger partial charge in [0.05, 0.1) is 6.20 Å². The van der Waals surface area contributed by atoms with Crippen molar-refractivity contribution in [1.29, 1.82) is 0 Å². The molecule has 0 aliphatic heterocycles. The molecule has 112 valence electrons.